The summed E-state index contributed by atoms with van der Waals surface area (Å²) in [6.07, 6.45) is 0. The van der Waals surface area contributed by atoms with Crippen LogP contribution in [0, 0.1) is 0 Å². The minimum Gasteiger partial charge on any atom is -0.488 e. The number of ether oxygens (including phenoxy) is 1. The Morgan fingerprint density at radius 1 is 1.17 bits per heavy atom. The van der Waals surface area contributed by atoms with E-state index in [0.717, 1.165) is 9.15 Å². The lowest BCUT2D eigenvalue weighted by atomic mass is 10.2. The number of aromatic nitrogens is 4. The molecular weight excluding hydrogens is 384 g/mol. The van der Waals surface area contributed by atoms with Gasteiger partial charge in [-0.1, -0.05) is 29.8 Å². The van der Waals surface area contributed by atoms with E-state index < -0.39 is 0 Å². The van der Waals surface area contributed by atoms with Crippen molar-refractivity contribution in [3.63, 3.8) is 0 Å². The molecule has 0 atom stereocenters. The molecule has 0 saturated carbocycles. The molecule has 3 rings (SSSR count). The molecule has 0 spiro atoms. The molecule has 1 aromatic heterocycles. The molecule has 1 heterocycles. The predicted molar refractivity (Wildman–Crippen MR) is 90.1 cm³/mol. The fraction of sp³-hybridized carbons (Fsp3) is 0.133. The van der Waals surface area contributed by atoms with Crippen LogP contribution in [0.2, 0.25) is 5.02 Å². The van der Waals surface area contributed by atoms with Crippen molar-refractivity contribution in [1.82, 2.24) is 19.8 Å². The molecule has 0 aliphatic heterocycles. The van der Waals surface area contributed by atoms with E-state index in [1.807, 2.05) is 24.3 Å². The van der Waals surface area contributed by atoms with Crippen molar-refractivity contribution in [2.45, 2.75) is 6.61 Å². The largest absolute Gasteiger partial charge is 0.488 e. The fourth-order valence-electron chi connectivity index (χ4n) is 2.07. The van der Waals surface area contributed by atoms with Crippen molar-refractivity contribution in [3.8, 4) is 11.4 Å². The maximum absolute atomic E-state index is 12.1. The molecule has 0 fully saturated rings. The molecule has 0 amide bonds. The van der Waals surface area contributed by atoms with Gasteiger partial charge in [-0.25, -0.2) is 4.79 Å². The Labute approximate surface area is 145 Å². The third-order valence-electron chi connectivity index (χ3n) is 3.25. The number of hydrogen-bond donors (Lipinski definition) is 0. The zero-order valence-corrected chi connectivity index (χ0v) is 14.5. The van der Waals surface area contributed by atoms with Gasteiger partial charge in [-0.2, -0.15) is 9.36 Å². The quantitative estimate of drug-likeness (QED) is 0.681. The number of para-hydroxylation sites is 1. The number of benzene rings is 2. The summed E-state index contributed by atoms with van der Waals surface area (Å²) in [6, 6.07) is 12.7. The van der Waals surface area contributed by atoms with Crippen molar-refractivity contribution >= 4 is 27.5 Å². The average molecular weight is 396 g/mol. The van der Waals surface area contributed by atoms with Crippen LogP contribution >= 0.6 is 27.5 Å². The highest BCUT2D eigenvalue weighted by Crippen LogP contribution is 2.28. The Kier molecular flexibility index (Phi) is 4.49. The summed E-state index contributed by atoms with van der Waals surface area (Å²) in [5, 5.41) is 8.07. The number of halogens is 2. The maximum Gasteiger partial charge on any atom is 0.368 e. The minimum absolute atomic E-state index is 0.195. The van der Waals surface area contributed by atoms with Gasteiger partial charge in [0.1, 0.15) is 12.4 Å². The first-order valence-corrected chi connectivity index (χ1v) is 7.89. The monoisotopic (exact) mass is 394 g/mol. The van der Waals surface area contributed by atoms with Gasteiger partial charge in [0.15, 0.2) is 0 Å². The number of nitrogens with zero attached hydrogens (tertiary/aromatic N) is 4. The van der Waals surface area contributed by atoms with Crippen molar-refractivity contribution in [1.29, 1.82) is 0 Å². The first kappa shape index (κ1) is 15.8. The van der Waals surface area contributed by atoms with Crippen molar-refractivity contribution < 1.29 is 4.74 Å². The lowest BCUT2D eigenvalue weighted by molar-refractivity contribution is 0.303. The van der Waals surface area contributed by atoms with Gasteiger partial charge in [0.05, 0.1) is 10.2 Å². The van der Waals surface area contributed by atoms with Crippen LogP contribution in [0.4, 0.5) is 0 Å². The molecule has 0 aliphatic carbocycles. The second-order valence-corrected chi connectivity index (χ2v) is 6.02. The molecule has 0 unspecified atom stereocenters. The Morgan fingerprint density at radius 3 is 2.65 bits per heavy atom. The topological polar surface area (TPSA) is 61.9 Å². The summed E-state index contributed by atoms with van der Waals surface area (Å²) >= 11 is 9.71. The van der Waals surface area contributed by atoms with E-state index in [2.05, 4.69) is 26.4 Å². The van der Waals surface area contributed by atoms with E-state index in [0.29, 0.717) is 22.0 Å². The number of rotatable bonds is 4. The molecule has 118 valence electrons. The van der Waals surface area contributed by atoms with Gasteiger partial charge in [-0.15, -0.1) is 0 Å². The summed E-state index contributed by atoms with van der Waals surface area (Å²) in [5.41, 5.74) is 0.851. The minimum atomic E-state index is -0.352. The molecule has 0 aliphatic rings. The lowest BCUT2D eigenvalue weighted by Gasteiger charge is -2.12. The van der Waals surface area contributed by atoms with Gasteiger partial charge in [0, 0.05) is 17.6 Å². The first-order valence-electron chi connectivity index (χ1n) is 6.72. The Bertz CT molecular complexity index is 906. The van der Waals surface area contributed by atoms with E-state index in [1.165, 1.54) is 11.7 Å². The number of hydrogen-bond acceptors (Lipinski definition) is 4. The smallest absolute Gasteiger partial charge is 0.368 e. The SMILES string of the molecule is Cn1nnn(-c2cccc(Cl)c2COc2ccccc2Br)c1=O. The van der Waals surface area contributed by atoms with Gasteiger partial charge in [-0.05, 0) is 50.6 Å². The van der Waals surface area contributed by atoms with E-state index in [-0.39, 0.29) is 12.3 Å². The van der Waals surface area contributed by atoms with Crippen LogP contribution in [0.5, 0.6) is 5.75 Å². The van der Waals surface area contributed by atoms with Crippen molar-refractivity contribution in [2.75, 3.05) is 0 Å². The molecule has 8 heteroatoms. The zero-order valence-electron chi connectivity index (χ0n) is 12.1. The van der Waals surface area contributed by atoms with Crippen LogP contribution in [0.3, 0.4) is 0 Å². The Hall–Kier alpha value is -2.12. The molecule has 0 radical (unpaired) electrons. The Balaban J connectivity index is 1.98. The van der Waals surface area contributed by atoms with E-state index in [4.69, 9.17) is 16.3 Å². The van der Waals surface area contributed by atoms with E-state index in [9.17, 15) is 4.79 Å². The second-order valence-electron chi connectivity index (χ2n) is 4.75. The van der Waals surface area contributed by atoms with Gasteiger partial charge in [-0.3, -0.25) is 0 Å². The average Bonchev–Trinajstić information content (AvgIpc) is 2.87. The highest BCUT2D eigenvalue weighted by molar-refractivity contribution is 9.10. The molecule has 2 aromatic carbocycles. The molecular formula is C15H12BrClN4O2. The highest BCUT2D eigenvalue weighted by atomic mass is 79.9. The van der Waals surface area contributed by atoms with Crippen LogP contribution in [0.15, 0.2) is 51.7 Å². The fourth-order valence-corrected chi connectivity index (χ4v) is 2.69. The molecule has 0 N–H and O–H groups in total. The van der Waals surface area contributed by atoms with Gasteiger partial charge >= 0.3 is 5.69 Å². The second kappa shape index (κ2) is 6.55. The molecule has 0 bridgehead atoms. The van der Waals surface area contributed by atoms with Crippen LogP contribution in [-0.2, 0) is 13.7 Å². The van der Waals surface area contributed by atoms with Crippen LogP contribution < -0.4 is 10.4 Å². The summed E-state index contributed by atoms with van der Waals surface area (Å²) in [5.74, 6) is 0.685. The standard InChI is InChI=1S/C15H12BrClN4O2/c1-20-15(22)21(19-18-20)13-7-4-6-12(17)10(13)9-23-14-8-3-2-5-11(14)16/h2-8H,9H2,1H3. The molecule has 3 aromatic rings. The van der Waals surface area contributed by atoms with Gasteiger partial charge in [0.25, 0.3) is 0 Å². The molecule has 23 heavy (non-hydrogen) atoms. The van der Waals surface area contributed by atoms with E-state index >= 15 is 0 Å². The maximum atomic E-state index is 12.1. The number of aryl methyl sites for hydroxylation is 1. The van der Waals surface area contributed by atoms with Crippen molar-refractivity contribution in [3.05, 3.63) is 68.0 Å². The van der Waals surface area contributed by atoms with Gasteiger partial charge in [0.2, 0.25) is 0 Å². The zero-order chi connectivity index (χ0) is 16.4. The number of tetrazole rings is 1. The van der Waals surface area contributed by atoms with Crippen LogP contribution in [0.25, 0.3) is 5.69 Å². The first-order chi connectivity index (χ1) is 11.1. The highest BCUT2D eigenvalue weighted by Gasteiger charge is 2.14. The summed E-state index contributed by atoms with van der Waals surface area (Å²) in [7, 11) is 1.54. The van der Waals surface area contributed by atoms with E-state index in [1.54, 1.807) is 18.2 Å². The van der Waals surface area contributed by atoms with Crippen molar-refractivity contribution in [2.24, 2.45) is 7.05 Å². The van der Waals surface area contributed by atoms with Gasteiger partial charge < -0.3 is 4.74 Å². The normalized spacial score (nSPS) is 10.7. The lowest BCUT2D eigenvalue weighted by Crippen LogP contribution is -2.23. The molecule has 0 saturated heterocycles. The van der Waals surface area contributed by atoms with Crippen LogP contribution in [0.1, 0.15) is 5.56 Å². The third kappa shape index (κ3) is 3.16. The Morgan fingerprint density at radius 2 is 1.96 bits per heavy atom. The van der Waals surface area contributed by atoms with Crippen LogP contribution in [-0.4, -0.2) is 19.8 Å². The third-order valence-corrected chi connectivity index (χ3v) is 4.26. The summed E-state index contributed by atoms with van der Waals surface area (Å²) in [4.78, 5) is 12.1. The summed E-state index contributed by atoms with van der Waals surface area (Å²) < 4.78 is 9.00. The summed E-state index contributed by atoms with van der Waals surface area (Å²) in [6.45, 7) is 0.195. The predicted octanol–water partition coefficient (Wildman–Crippen LogP) is 2.96. The molecule has 6 nitrogen and oxygen atoms in total.